The summed E-state index contributed by atoms with van der Waals surface area (Å²) in [5.74, 6) is -0.186. The molecule has 2 nitrogen and oxygen atoms in total. The van der Waals surface area contributed by atoms with Gasteiger partial charge in [-0.2, -0.15) is 0 Å². The fourth-order valence-corrected chi connectivity index (χ4v) is 2.39. The number of halogens is 1. The summed E-state index contributed by atoms with van der Waals surface area (Å²) in [6.07, 6.45) is 3.59. The van der Waals surface area contributed by atoms with E-state index in [9.17, 15) is 4.39 Å². The molecule has 1 aromatic heterocycles. The predicted octanol–water partition coefficient (Wildman–Crippen LogP) is 4.55. The van der Waals surface area contributed by atoms with Gasteiger partial charge in [-0.3, -0.25) is 4.98 Å². The number of hydrogen-bond donors (Lipinski definition) is 1. The van der Waals surface area contributed by atoms with Crippen LogP contribution >= 0.6 is 0 Å². The molecule has 0 saturated carbocycles. The second-order valence-corrected chi connectivity index (χ2v) is 4.79. The summed E-state index contributed by atoms with van der Waals surface area (Å²) in [5, 5.41) is 5.53. The van der Waals surface area contributed by atoms with Crippen molar-refractivity contribution in [1.82, 2.24) is 4.98 Å². The summed E-state index contributed by atoms with van der Waals surface area (Å²) in [5.41, 5.74) is 1.65. The molecule has 1 unspecified atom stereocenters. The molecule has 1 N–H and O–H groups in total. The standard InChI is InChI=1S/C17H15FN2/c1-12(14-6-2-3-7-16(14)18)20-17-8-4-5-13-11-19-10-9-15(13)17/h2-12,20H,1H3. The minimum atomic E-state index is -0.186. The monoisotopic (exact) mass is 266 g/mol. The van der Waals surface area contributed by atoms with Crippen molar-refractivity contribution in [3.8, 4) is 0 Å². The van der Waals surface area contributed by atoms with Crippen molar-refractivity contribution in [3.63, 3.8) is 0 Å². The van der Waals surface area contributed by atoms with Crippen molar-refractivity contribution in [2.24, 2.45) is 0 Å². The van der Waals surface area contributed by atoms with E-state index >= 15 is 0 Å². The topological polar surface area (TPSA) is 24.9 Å². The molecule has 0 bridgehead atoms. The van der Waals surface area contributed by atoms with Crippen molar-refractivity contribution in [3.05, 3.63) is 72.3 Å². The van der Waals surface area contributed by atoms with E-state index in [4.69, 9.17) is 0 Å². The van der Waals surface area contributed by atoms with Crippen LogP contribution in [0.4, 0.5) is 10.1 Å². The summed E-state index contributed by atoms with van der Waals surface area (Å²) in [6.45, 7) is 1.96. The van der Waals surface area contributed by atoms with E-state index in [0.717, 1.165) is 16.5 Å². The highest BCUT2D eigenvalue weighted by molar-refractivity contribution is 5.93. The number of nitrogens with one attached hydrogen (secondary N) is 1. The van der Waals surface area contributed by atoms with Crippen molar-refractivity contribution < 1.29 is 4.39 Å². The molecule has 0 radical (unpaired) electrons. The van der Waals surface area contributed by atoms with E-state index in [1.165, 1.54) is 6.07 Å². The highest BCUT2D eigenvalue weighted by Gasteiger charge is 2.11. The van der Waals surface area contributed by atoms with Crippen LogP contribution in [0.1, 0.15) is 18.5 Å². The number of pyridine rings is 1. The summed E-state index contributed by atoms with van der Waals surface area (Å²) < 4.78 is 13.8. The van der Waals surface area contributed by atoms with Gasteiger partial charge in [0.25, 0.3) is 0 Å². The largest absolute Gasteiger partial charge is 0.378 e. The van der Waals surface area contributed by atoms with Gasteiger partial charge in [-0.15, -0.1) is 0 Å². The van der Waals surface area contributed by atoms with Crippen LogP contribution in [0.15, 0.2) is 60.9 Å². The Labute approximate surface area is 117 Å². The second kappa shape index (κ2) is 5.29. The summed E-state index contributed by atoms with van der Waals surface area (Å²) in [6, 6.07) is 14.7. The van der Waals surface area contributed by atoms with Gasteiger partial charge in [0.15, 0.2) is 0 Å². The number of aromatic nitrogens is 1. The predicted molar refractivity (Wildman–Crippen MR) is 80.2 cm³/mol. The molecule has 0 aliphatic carbocycles. The fourth-order valence-electron chi connectivity index (χ4n) is 2.39. The Hall–Kier alpha value is -2.42. The van der Waals surface area contributed by atoms with Crippen LogP contribution in [0, 0.1) is 5.82 Å². The molecule has 0 aliphatic rings. The van der Waals surface area contributed by atoms with Crippen LogP contribution < -0.4 is 5.32 Å². The molecule has 0 amide bonds. The van der Waals surface area contributed by atoms with Crippen LogP contribution in [-0.2, 0) is 0 Å². The number of fused-ring (bicyclic) bond motifs is 1. The quantitative estimate of drug-likeness (QED) is 0.752. The number of anilines is 1. The van der Waals surface area contributed by atoms with Gasteiger partial charge >= 0.3 is 0 Å². The third-order valence-corrected chi connectivity index (χ3v) is 3.42. The molecule has 0 saturated heterocycles. The zero-order valence-corrected chi connectivity index (χ0v) is 11.2. The number of benzene rings is 2. The molecule has 1 atom stereocenters. The minimum Gasteiger partial charge on any atom is -0.378 e. The maximum absolute atomic E-state index is 13.8. The van der Waals surface area contributed by atoms with E-state index in [2.05, 4.69) is 10.3 Å². The van der Waals surface area contributed by atoms with E-state index in [1.54, 1.807) is 18.3 Å². The number of hydrogen-bond acceptors (Lipinski definition) is 2. The van der Waals surface area contributed by atoms with E-state index in [-0.39, 0.29) is 11.9 Å². The van der Waals surface area contributed by atoms with Crippen molar-refractivity contribution in [2.45, 2.75) is 13.0 Å². The van der Waals surface area contributed by atoms with Crippen LogP contribution in [0.2, 0.25) is 0 Å². The molecule has 3 rings (SSSR count). The molecule has 0 aliphatic heterocycles. The Morgan fingerprint density at radius 3 is 2.75 bits per heavy atom. The maximum Gasteiger partial charge on any atom is 0.128 e. The Kier molecular flexibility index (Phi) is 3.33. The van der Waals surface area contributed by atoms with Crippen LogP contribution in [0.5, 0.6) is 0 Å². The highest BCUT2D eigenvalue weighted by atomic mass is 19.1. The lowest BCUT2D eigenvalue weighted by Gasteiger charge is -2.17. The lowest BCUT2D eigenvalue weighted by molar-refractivity contribution is 0.600. The van der Waals surface area contributed by atoms with Gasteiger partial charge in [0, 0.05) is 34.4 Å². The van der Waals surface area contributed by atoms with Crippen molar-refractivity contribution in [2.75, 3.05) is 5.32 Å². The Morgan fingerprint density at radius 1 is 1.05 bits per heavy atom. The van der Waals surface area contributed by atoms with Gasteiger partial charge < -0.3 is 5.32 Å². The average molecular weight is 266 g/mol. The molecule has 3 aromatic rings. The number of rotatable bonds is 3. The normalized spacial score (nSPS) is 12.3. The highest BCUT2D eigenvalue weighted by Crippen LogP contribution is 2.27. The molecule has 0 fully saturated rings. The summed E-state index contributed by atoms with van der Waals surface area (Å²) in [7, 11) is 0. The molecule has 20 heavy (non-hydrogen) atoms. The van der Waals surface area contributed by atoms with E-state index < -0.39 is 0 Å². The van der Waals surface area contributed by atoms with E-state index in [0.29, 0.717) is 5.56 Å². The fraction of sp³-hybridized carbons (Fsp3) is 0.118. The van der Waals surface area contributed by atoms with Crippen LogP contribution in [0.25, 0.3) is 10.8 Å². The first kappa shape index (κ1) is 12.6. The van der Waals surface area contributed by atoms with Gasteiger partial charge in [-0.25, -0.2) is 4.39 Å². The molecule has 2 aromatic carbocycles. The molecule has 3 heteroatoms. The zero-order chi connectivity index (χ0) is 13.9. The molecular formula is C17H15FN2. The average Bonchev–Trinajstić information content (AvgIpc) is 2.48. The molecular weight excluding hydrogens is 251 g/mol. The van der Waals surface area contributed by atoms with E-state index in [1.807, 2.05) is 43.5 Å². The Morgan fingerprint density at radius 2 is 1.90 bits per heavy atom. The molecule has 0 spiro atoms. The van der Waals surface area contributed by atoms with Crippen molar-refractivity contribution in [1.29, 1.82) is 0 Å². The number of nitrogens with zero attached hydrogens (tertiary/aromatic N) is 1. The van der Waals surface area contributed by atoms with Crippen LogP contribution in [-0.4, -0.2) is 4.98 Å². The van der Waals surface area contributed by atoms with Gasteiger partial charge in [0.1, 0.15) is 5.82 Å². The molecule has 1 heterocycles. The van der Waals surface area contributed by atoms with Gasteiger partial charge in [0.2, 0.25) is 0 Å². The van der Waals surface area contributed by atoms with Gasteiger partial charge in [-0.1, -0.05) is 30.3 Å². The SMILES string of the molecule is CC(Nc1cccc2cnccc12)c1ccccc1F. The third-order valence-electron chi connectivity index (χ3n) is 3.42. The minimum absolute atomic E-state index is 0.102. The summed E-state index contributed by atoms with van der Waals surface area (Å²) >= 11 is 0. The first-order chi connectivity index (χ1) is 9.75. The first-order valence-electron chi connectivity index (χ1n) is 6.59. The maximum atomic E-state index is 13.8. The van der Waals surface area contributed by atoms with Crippen LogP contribution in [0.3, 0.4) is 0 Å². The summed E-state index contributed by atoms with van der Waals surface area (Å²) in [4.78, 5) is 4.12. The lowest BCUT2D eigenvalue weighted by atomic mass is 10.1. The third kappa shape index (κ3) is 2.35. The second-order valence-electron chi connectivity index (χ2n) is 4.79. The smallest absolute Gasteiger partial charge is 0.128 e. The Bertz CT molecular complexity index is 734. The van der Waals surface area contributed by atoms with Crippen molar-refractivity contribution >= 4 is 16.5 Å². The van der Waals surface area contributed by atoms with Gasteiger partial charge in [-0.05, 0) is 25.1 Å². The van der Waals surface area contributed by atoms with Gasteiger partial charge in [0.05, 0.1) is 6.04 Å². The molecule has 100 valence electrons. The zero-order valence-electron chi connectivity index (χ0n) is 11.2. The Balaban J connectivity index is 1.96. The first-order valence-corrected chi connectivity index (χ1v) is 6.59. The lowest BCUT2D eigenvalue weighted by Crippen LogP contribution is -2.08.